The van der Waals surface area contributed by atoms with Crippen LogP contribution in [0, 0.1) is 5.82 Å². The zero-order valence-electron chi connectivity index (χ0n) is 16.8. The van der Waals surface area contributed by atoms with E-state index >= 15 is 0 Å². The molecule has 3 aromatic rings. The summed E-state index contributed by atoms with van der Waals surface area (Å²) in [5.74, 6) is -0.421. The molecule has 1 saturated heterocycles. The number of nitrogens with zero attached hydrogens (tertiary/aromatic N) is 4. The second-order valence-electron chi connectivity index (χ2n) is 7.69. The van der Waals surface area contributed by atoms with Gasteiger partial charge in [0, 0.05) is 18.7 Å². The Balaban J connectivity index is 1.45. The van der Waals surface area contributed by atoms with Crippen LogP contribution in [0.5, 0.6) is 0 Å². The Bertz CT molecular complexity index is 1060. The van der Waals surface area contributed by atoms with Gasteiger partial charge in [0.15, 0.2) is 5.69 Å². The molecule has 2 heterocycles. The fraction of sp³-hybridized carbons (Fsp3) is 0.304. The molecular formula is C23H23FN4O2. The van der Waals surface area contributed by atoms with Crippen molar-refractivity contribution in [3.8, 4) is 0 Å². The van der Waals surface area contributed by atoms with Crippen LogP contribution in [0.3, 0.4) is 0 Å². The standard InChI is InChI=1S/C23H23FN4O2/c1-17(29)23(19-8-3-2-4-9-19)11-13-27(14-12-23)22(30)21-16-28(26-25-21)15-18-7-5-6-10-20(18)24/h2-10,16H,11-15H2,1H3. The summed E-state index contributed by atoms with van der Waals surface area (Å²) in [4.78, 5) is 27.1. The normalized spacial score (nSPS) is 15.7. The van der Waals surface area contributed by atoms with Gasteiger partial charge in [0.2, 0.25) is 0 Å². The van der Waals surface area contributed by atoms with Gasteiger partial charge in [-0.15, -0.1) is 5.10 Å². The maximum absolute atomic E-state index is 13.8. The Kier molecular flexibility index (Phi) is 5.44. The third-order valence-corrected chi connectivity index (χ3v) is 5.95. The number of halogens is 1. The van der Waals surface area contributed by atoms with Gasteiger partial charge in [0.05, 0.1) is 18.2 Å². The predicted molar refractivity (Wildman–Crippen MR) is 109 cm³/mol. The maximum Gasteiger partial charge on any atom is 0.276 e. The Morgan fingerprint density at radius 1 is 1.03 bits per heavy atom. The number of carbonyl (C=O) groups excluding carboxylic acids is 2. The second-order valence-corrected chi connectivity index (χ2v) is 7.69. The van der Waals surface area contributed by atoms with Gasteiger partial charge >= 0.3 is 0 Å². The molecular weight excluding hydrogens is 383 g/mol. The highest BCUT2D eigenvalue weighted by Gasteiger charge is 2.41. The van der Waals surface area contributed by atoms with Crippen LogP contribution in [0.4, 0.5) is 4.39 Å². The molecule has 6 nitrogen and oxygen atoms in total. The molecule has 0 aliphatic carbocycles. The lowest BCUT2D eigenvalue weighted by Gasteiger charge is -2.40. The van der Waals surface area contributed by atoms with Gasteiger partial charge < -0.3 is 4.90 Å². The lowest BCUT2D eigenvalue weighted by atomic mass is 9.70. The molecule has 4 rings (SSSR count). The summed E-state index contributed by atoms with van der Waals surface area (Å²) in [5, 5.41) is 7.95. The third kappa shape index (κ3) is 3.75. The summed E-state index contributed by atoms with van der Waals surface area (Å²) >= 11 is 0. The first-order chi connectivity index (χ1) is 14.5. The summed E-state index contributed by atoms with van der Waals surface area (Å²) < 4.78 is 15.3. The number of Topliss-reactive ketones (excluding diaryl/α,β-unsaturated/α-hetero) is 1. The zero-order chi connectivity index (χ0) is 21.1. The van der Waals surface area contributed by atoms with Crippen LogP contribution in [-0.2, 0) is 16.8 Å². The lowest BCUT2D eigenvalue weighted by Crippen LogP contribution is -2.48. The number of likely N-dealkylation sites (tertiary alicyclic amines) is 1. The van der Waals surface area contributed by atoms with E-state index in [2.05, 4.69) is 10.3 Å². The quantitative estimate of drug-likeness (QED) is 0.652. The zero-order valence-corrected chi connectivity index (χ0v) is 16.8. The number of carbonyl (C=O) groups is 2. The van der Waals surface area contributed by atoms with E-state index < -0.39 is 5.41 Å². The van der Waals surface area contributed by atoms with Gasteiger partial charge in [-0.05, 0) is 31.4 Å². The van der Waals surface area contributed by atoms with Crippen LogP contribution in [0.25, 0.3) is 0 Å². The number of ketones is 1. The minimum atomic E-state index is -0.555. The van der Waals surface area contributed by atoms with Crippen molar-refractivity contribution in [3.05, 3.63) is 83.4 Å². The molecule has 1 amide bonds. The molecule has 154 valence electrons. The number of amides is 1. The van der Waals surface area contributed by atoms with Gasteiger partial charge in [0.25, 0.3) is 5.91 Å². The highest BCUT2D eigenvalue weighted by atomic mass is 19.1. The molecule has 0 radical (unpaired) electrons. The fourth-order valence-electron chi connectivity index (χ4n) is 4.13. The van der Waals surface area contributed by atoms with Gasteiger partial charge in [-0.25, -0.2) is 9.07 Å². The molecule has 1 aliphatic rings. The monoisotopic (exact) mass is 406 g/mol. The van der Waals surface area contributed by atoms with Crippen molar-refractivity contribution in [1.29, 1.82) is 0 Å². The Morgan fingerprint density at radius 2 is 1.70 bits per heavy atom. The molecule has 0 saturated carbocycles. The van der Waals surface area contributed by atoms with Crippen molar-refractivity contribution in [2.45, 2.75) is 31.7 Å². The molecule has 1 aliphatic heterocycles. The van der Waals surface area contributed by atoms with E-state index in [0.717, 1.165) is 5.56 Å². The minimum Gasteiger partial charge on any atom is -0.337 e. The van der Waals surface area contributed by atoms with Crippen molar-refractivity contribution in [2.24, 2.45) is 0 Å². The summed E-state index contributed by atoms with van der Waals surface area (Å²) in [6.45, 7) is 2.76. The predicted octanol–water partition coefficient (Wildman–Crippen LogP) is 3.23. The molecule has 0 atom stereocenters. The lowest BCUT2D eigenvalue weighted by molar-refractivity contribution is -0.124. The molecule has 0 spiro atoms. The topological polar surface area (TPSA) is 68.1 Å². The maximum atomic E-state index is 13.8. The van der Waals surface area contributed by atoms with Crippen molar-refractivity contribution in [1.82, 2.24) is 19.9 Å². The number of hydrogen-bond donors (Lipinski definition) is 0. The van der Waals surface area contributed by atoms with E-state index in [4.69, 9.17) is 0 Å². The molecule has 0 bridgehead atoms. The number of piperidine rings is 1. The van der Waals surface area contributed by atoms with E-state index in [1.807, 2.05) is 30.3 Å². The summed E-state index contributed by atoms with van der Waals surface area (Å²) in [7, 11) is 0. The average Bonchev–Trinajstić information content (AvgIpc) is 3.24. The van der Waals surface area contributed by atoms with Gasteiger partial charge in [-0.2, -0.15) is 0 Å². The molecule has 7 heteroatoms. The van der Waals surface area contributed by atoms with Crippen LogP contribution in [0.15, 0.2) is 60.8 Å². The third-order valence-electron chi connectivity index (χ3n) is 5.95. The first-order valence-electron chi connectivity index (χ1n) is 9.99. The van der Waals surface area contributed by atoms with E-state index in [1.165, 1.54) is 10.7 Å². The smallest absolute Gasteiger partial charge is 0.276 e. The van der Waals surface area contributed by atoms with Crippen molar-refractivity contribution < 1.29 is 14.0 Å². The van der Waals surface area contributed by atoms with Crippen LogP contribution in [0.2, 0.25) is 0 Å². The summed E-state index contributed by atoms with van der Waals surface area (Å²) in [6.07, 6.45) is 2.68. The molecule has 30 heavy (non-hydrogen) atoms. The number of hydrogen-bond acceptors (Lipinski definition) is 4. The molecule has 0 N–H and O–H groups in total. The molecule has 1 fully saturated rings. The van der Waals surface area contributed by atoms with Crippen LogP contribution >= 0.6 is 0 Å². The van der Waals surface area contributed by atoms with E-state index in [1.54, 1.807) is 36.2 Å². The SMILES string of the molecule is CC(=O)C1(c2ccccc2)CCN(C(=O)c2cn(Cc3ccccc3F)nn2)CC1. The number of rotatable bonds is 5. The highest BCUT2D eigenvalue weighted by Crippen LogP contribution is 2.36. The van der Waals surface area contributed by atoms with Crippen LogP contribution in [0.1, 0.15) is 41.4 Å². The Morgan fingerprint density at radius 3 is 2.37 bits per heavy atom. The van der Waals surface area contributed by atoms with Gasteiger partial charge in [-0.3, -0.25) is 9.59 Å². The van der Waals surface area contributed by atoms with Crippen LogP contribution < -0.4 is 0 Å². The first kappa shape index (κ1) is 19.9. The van der Waals surface area contributed by atoms with Gasteiger partial charge in [0.1, 0.15) is 11.6 Å². The summed E-state index contributed by atoms with van der Waals surface area (Å²) in [5.41, 5.74) is 1.15. The highest BCUT2D eigenvalue weighted by molar-refractivity contribution is 5.93. The molecule has 2 aromatic carbocycles. The molecule has 0 unspecified atom stereocenters. The second kappa shape index (κ2) is 8.18. The van der Waals surface area contributed by atoms with Crippen molar-refractivity contribution in [2.75, 3.05) is 13.1 Å². The van der Waals surface area contributed by atoms with Crippen LogP contribution in [-0.4, -0.2) is 44.7 Å². The summed E-state index contributed by atoms with van der Waals surface area (Å²) in [6, 6.07) is 16.2. The van der Waals surface area contributed by atoms with E-state index in [0.29, 0.717) is 31.5 Å². The van der Waals surface area contributed by atoms with Crippen molar-refractivity contribution in [3.63, 3.8) is 0 Å². The largest absolute Gasteiger partial charge is 0.337 e. The van der Waals surface area contributed by atoms with Gasteiger partial charge in [-0.1, -0.05) is 53.7 Å². The fourth-order valence-corrected chi connectivity index (χ4v) is 4.13. The number of aromatic nitrogens is 3. The Hall–Kier alpha value is -3.35. The average molecular weight is 406 g/mol. The number of benzene rings is 2. The van der Waals surface area contributed by atoms with E-state index in [9.17, 15) is 14.0 Å². The van der Waals surface area contributed by atoms with E-state index in [-0.39, 0.29) is 29.7 Å². The van der Waals surface area contributed by atoms with Crippen molar-refractivity contribution >= 4 is 11.7 Å². The first-order valence-corrected chi connectivity index (χ1v) is 9.99. The minimum absolute atomic E-state index is 0.122. The molecule has 1 aromatic heterocycles. The Labute approximate surface area is 174 Å².